The molecule has 0 bridgehead atoms. The summed E-state index contributed by atoms with van der Waals surface area (Å²) in [4.78, 5) is 13.1. The van der Waals surface area contributed by atoms with Crippen molar-refractivity contribution in [2.75, 3.05) is 11.8 Å². The molecule has 3 aromatic carbocycles. The van der Waals surface area contributed by atoms with E-state index in [1.54, 1.807) is 25.3 Å². The van der Waals surface area contributed by atoms with Crippen LogP contribution in [0.2, 0.25) is 5.02 Å². The van der Waals surface area contributed by atoms with Crippen molar-refractivity contribution >= 4 is 40.1 Å². The lowest BCUT2D eigenvalue weighted by Crippen LogP contribution is -2.22. The van der Waals surface area contributed by atoms with Crippen LogP contribution in [-0.4, -0.2) is 17.1 Å². The van der Waals surface area contributed by atoms with Gasteiger partial charge < -0.3 is 9.46 Å². The number of halogens is 2. The van der Waals surface area contributed by atoms with Gasteiger partial charge in [-0.3, -0.25) is 4.79 Å². The first-order chi connectivity index (χ1) is 15.4. The zero-order chi connectivity index (χ0) is 22.7. The molecular weight excluding hydrogens is 449 g/mol. The van der Waals surface area contributed by atoms with Gasteiger partial charge in [0.25, 0.3) is 0 Å². The molecule has 0 amide bonds. The number of ketones is 1. The van der Waals surface area contributed by atoms with Gasteiger partial charge in [0, 0.05) is 17.5 Å². The van der Waals surface area contributed by atoms with Crippen LogP contribution in [0.15, 0.2) is 65.6 Å². The number of carbonyl (C=O) groups excluding carboxylic acids is 1. The van der Waals surface area contributed by atoms with E-state index in [2.05, 4.69) is 16.6 Å². The van der Waals surface area contributed by atoms with E-state index in [4.69, 9.17) is 16.3 Å². The van der Waals surface area contributed by atoms with E-state index in [9.17, 15) is 13.4 Å². The highest BCUT2D eigenvalue weighted by atomic mass is 35.5. The number of carbonyl (C=O) groups is 1. The van der Waals surface area contributed by atoms with Gasteiger partial charge in [0.15, 0.2) is 11.0 Å². The van der Waals surface area contributed by atoms with Gasteiger partial charge in [-0.2, -0.15) is 0 Å². The Morgan fingerprint density at radius 3 is 2.62 bits per heavy atom. The second-order valence-electron chi connectivity index (χ2n) is 6.97. The predicted octanol–water partition coefficient (Wildman–Crippen LogP) is 5.39. The van der Waals surface area contributed by atoms with Crippen LogP contribution in [0.25, 0.3) is 6.08 Å². The fraction of sp³-hybridized carbons (Fsp3) is 0.0800. The van der Waals surface area contributed by atoms with Crippen molar-refractivity contribution in [1.82, 2.24) is 0 Å². The number of rotatable bonds is 3. The number of hydrogen-bond acceptors (Lipinski definition) is 3. The number of Topliss-reactive ketones (excluding diaryl/α,β-unsaturated/α-hetero) is 1. The van der Waals surface area contributed by atoms with Crippen molar-refractivity contribution in [3.8, 4) is 17.6 Å². The highest BCUT2D eigenvalue weighted by Gasteiger charge is 2.27. The van der Waals surface area contributed by atoms with Crippen LogP contribution in [0.5, 0.6) is 5.75 Å². The number of fused-ring (bicyclic) bond motifs is 1. The van der Waals surface area contributed by atoms with Crippen LogP contribution in [0.4, 0.5) is 10.1 Å². The molecule has 160 valence electrons. The fourth-order valence-corrected chi connectivity index (χ4v) is 4.33. The molecule has 1 heterocycles. The predicted molar refractivity (Wildman–Crippen MR) is 126 cm³/mol. The molecule has 1 unspecified atom stereocenters. The van der Waals surface area contributed by atoms with Crippen LogP contribution in [0, 0.1) is 17.7 Å². The Morgan fingerprint density at radius 1 is 1.12 bits per heavy atom. The molecule has 0 radical (unpaired) electrons. The SMILES string of the molecule is COc1ccc(CC#Cc2ccc3c(c2)C(=O)C(=Cc2ccc(F)c(Cl)c2)S(=O)N3)cc1. The highest BCUT2D eigenvalue weighted by Crippen LogP contribution is 2.30. The van der Waals surface area contributed by atoms with E-state index in [0.29, 0.717) is 28.8 Å². The lowest BCUT2D eigenvalue weighted by Gasteiger charge is -2.19. The molecule has 4 nitrogen and oxygen atoms in total. The van der Waals surface area contributed by atoms with E-state index < -0.39 is 16.8 Å². The summed E-state index contributed by atoms with van der Waals surface area (Å²) in [5.41, 5.74) is 3.05. The van der Waals surface area contributed by atoms with Gasteiger partial charge in [-0.05, 0) is 59.7 Å². The molecule has 1 atom stereocenters. The summed E-state index contributed by atoms with van der Waals surface area (Å²) in [6.45, 7) is 0. The topological polar surface area (TPSA) is 55.4 Å². The van der Waals surface area contributed by atoms with E-state index in [1.165, 1.54) is 24.3 Å². The molecule has 1 aliphatic heterocycles. The summed E-state index contributed by atoms with van der Waals surface area (Å²) >= 11 is 5.81. The normalized spacial score (nSPS) is 16.0. The van der Waals surface area contributed by atoms with Crippen molar-refractivity contribution in [2.24, 2.45) is 0 Å². The second kappa shape index (κ2) is 9.39. The molecule has 1 N–H and O–H groups in total. The maximum Gasteiger partial charge on any atom is 0.205 e. The summed E-state index contributed by atoms with van der Waals surface area (Å²) < 4.78 is 33.9. The number of anilines is 1. The molecule has 0 aromatic heterocycles. The molecule has 32 heavy (non-hydrogen) atoms. The van der Waals surface area contributed by atoms with E-state index in [-0.39, 0.29) is 15.7 Å². The molecule has 3 aromatic rings. The van der Waals surface area contributed by atoms with Crippen LogP contribution < -0.4 is 9.46 Å². The Balaban J connectivity index is 1.58. The van der Waals surface area contributed by atoms with Gasteiger partial charge in [0.2, 0.25) is 5.78 Å². The molecule has 0 spiro atoms. The maximum absolute atomic E-state index is 13.4. The molecular formula is C25H17ClFNO3S. The average Bonchev–Trinajstić information content (AvgIpc) is 2.80. The zero-order valence-electron chi connectivity index (χ0n) is 16.9. The summed E-state index contributed by atoms with van der Waals surface area (Å²) in [6, 6.07) is 16.8. The minimum atomic E-state index is -1.74. The Hall–Kier alpha value is -3.40. The lowest BCUT2D eigenvalue weighted by atomic mass is 10.0. The zero-order valence-corrected chi connectivity index (χ0v) is 18.5. The number of ether oxygens (including phenoxy) is 1. The third kappa shape index (κ3) is 4.75. The number of nitrogens with one attached hydrogen (secondary N) is 1. The van der Waals surface area contributed by atoms with Crippen LogP contribution in [0.1, 0.15) is 27.0 Å². The molecule has 7 heteroatoms. The number of allylic oxidation sites excluding steroid dienone is 1. The summed E-state index contributed by atoms with van der Waals surface area (Å²) in [5.74, 6) is 6.01. The Labute approximate surface area is 192 Å². The largest absolute Gasteiger partial charge is 0.497 e. The summed E-state index contributed by atoms with van der Waals surface area (Å²) in [6.07, 6.45) is 2.00. The standard InChI is InChI=1S/C25H17ClFNO3S/c1-31-19-9-5-16(6-10-19)3-2-4-17-8-12-23-20(13-17)25(29)24(32(30)28-23)15-18-7-11-22(27)21(26)14-18/h5-15,28H,3H2,1H3. The lowest BCUT2D eigenvalue weighted by molar-refractivity contribution is 0.104. The monoisotopic (exact) mass is 465 g/mol. The third-order valence-electron chi connectivity index (χ3n) is 4.82. The van der Waals surface area contributed by atoms with E-state index >= 15 is 0 Å². The molecule has 0 fully saturated rings. The number of benzene rings is 3. The van der Waals surface area contributed by atoms with E-state index in [0.717, 1.165) is 11.3 Å². The molecule has 0 aliphatic carbocycles. The van der Waals surface area contributed by atoms with Gasteiger partial charge in [-0.1, -0.05) is 41.6 Å². The third-order valence-corrected chi connectivity index (χ3v) is 6.21. The van der Waals surface area contributed by atoms with Crippen molar-refractivity contribution in [1.29, 1.82) is 0 Å². The molecule has 0 saturated carbocycles. The van der Waals surface area contributed by atoms with Crippen LogP contribution >= 0.6 is 11.6 Å². The van der Waals surface area contributed by atoms with Gasteiger partial charge in [0.1, 0.15) is 16.5 Å². The highest BCUT2D eigenvalue weighted by molar-refractivity contribution is 7.91. The quantitative estimate of drug-likeness (QED) is 0.416. The Morgan fingerprint density at radius 2 is 1.91 bits per heavy atom. The second-order valence-corrected chi connectivity index (χ2v) is 8.56. The number of hydrogen-bond donors (Lipinski definition) is 1. The first-order valence-electron chi connectivity index (χ1n) is 9.60. The smallest absolute Gasteiger partial charge is 0.205 e. The molecule has 4 rings (SSSR count). The van der Waals surface area contributed by atoms with Gasteiger partial charge in [-0.25, -0.2) is 8.60 Å². The number of methoxy groups -OCH3 is 1. The Kier molecular flexibility index (Phi) is 6.40. The van der Waals surface area contributed by atoms with Crippen LogP contribution in [0.3, 0.4) is 0 Å². The van der Waals surface area contributed by atoms with Gasteiger partial charge in [-0.15, -0.1) is 0 Å². The maximum atomic E-state index is 13.4. The van der Waals surface area contributed by atoms with Crippen molar-refractivity contribution in [3.05, 3.63) is 98.7 Å². The van der Waals surface area contributed by atoms with Gasteiger partial charge >= 0.3 is 0 Å². The molecule has 0 saturated heterocycles. The first-order valence-corrected chi connectivity index (χ1v) is 11.1. The van der Waals surface area contributed by atoms with Crippen molar-refractivity contribution in [3.63, 3.8) is 0 Å². The summed E-state index contributed by atoms with van der Waals surface area (Å²) in [5, 5.41) is -0.0730. The van der Waals surface area contributed by atoms with Crippen LogP contribution in [-0.2, 0) is 17.4 Å². The van der Waals surface area contributed by atoms with Crippen molar-refractivity contribution in [2.45, 2.75) is 6.42 Å². The average molecular weight is 466 g/mol. The Bertz CT molecular complexity index is 1320. The summed E-state index contributed by atoms with van der Waals surface area (Å²) in [7, 11) is -0.126. The van der Waals surface area contributed by atoms with Gasteiger partial charge in [0.05, 0.1) is 17.8 Å². The first kappa shape index (κ1) is 21.8. The molecule has 1 aliphatic rings. The minimum Gasteiger partial charge on any atom is -0.497 e. The minimum absolute atomic E-state index is 0.0588. The van der Waals surface area contributed by atoms with E-state index in [1.807, 2.05) is 24.3 Å². The fourth-order valence-electron chi connectivity index (χ4n) is 3.13. The van der Waals surface area contributed by atoms with Crippen molar-refractivity contribution < 1.29 is 18.1 Å².